The van der Waals surface area contributed by atoms with Gasteiger partial charge >= 0.3 is 6.18 Å². The van der Waals surface area contributed by atoms with Gasteiger partial charge in [-0.2, -0.15) is 13.2 Å². The SMILES string of the molecule is FC(F)(F)c1ccnc(Nc2ccccc2)n1. The van der Waals surface area contributed by atoms with Gasteiger partial charge in [0, 0.05) is 11.9 Å². The van der Waals surface area contributed by atoms with Gasteiger partial charge in [0.25, 0.3) is 0 Å². The molecule has 0 spiro atoms. The lowest BCUT2D eigenvalue weighted by molar-refractivity contribution is -0.141. The van der Waals surface area contributed by atoms with Crippen molar-refractivity contribution in [3.63, 3.8) is 0 Å². The molecule has 6 heteroatoms. The number of benzene rings is 1. The molecule has 3 nitrogen and oxygen atoms in total. The second-order valence-electron chi connectivity index (χ2n) is 3.25. The maximum atomic E-state index is 12.4. The Labute approximate surface area is 95.3 Å². The van der Waals surface area contributed by atoms with E-state index < -0.39 is 11.9 Å². The molecule has 0 aliphatic heterocycles. The maximum Gasteiger partial charge on any atom is 0.433 e. The lowest BCUT2D eigenvalue weighted by Gasteiger charge is -2.08. The zero-order valence-electron chi connectivity index (χ0n) is 8.57. The van der Waals surface area contributed by atoms with Crippen LogP contribution in [0.15, 0.2) is 42.6 Å². The third-order valence-corrected chi connectivity index (χ3v) is 1.98. The summed E-state index contributed by atoms with van der Waals surface area (Å²) in [5.74, 6) is -0.0778. The fourth-order valence-corrected chi connectivity index (χ4v) is 1.23. The van der Waals surface area contributed by atoms with E-state index >= 15 is 0 Å². The predicted octanol–water partition coefficient (Wildman–Crippen LogP) is 3.24. The van der Waals surface area contributed by atoms with Crippen molar-refractivity contribution in [2.24, 2.45) is 0 Å². The number of alkyl halides is 3. The lowest BCUT2D eigenvalue weighted by atomic mass is 10.3. The fourth-order valence-electron chi connectivity index (χ4n) is 1.23. The van der Waals surface area contributed by atoms with Crippen molar-refractivity contribution < 1.29 is 13.2 Å². The number of hydrogen-bond donors (Lipinski definition) is 1. The molecular weight excluding hydrogens is 231 g/mol. The van der Waals surface area contributed by atoms with E-state index in [1.807, 2.05) is 0 Å². The van der Waals surface area contributed by atoms with Gasteiger partial charge in [-0.25, -0.2) is 9.97 Å². The van der Waals surface area contributed by atoms with Gasteiger partial charge in [0.1, 0.15) is 5.69 Å². The van der Waals surface area contributed by atoms with Crippen LogP contribution in [-0.2, 0) is 6.18 Å². The van der Waals surface area contributed by atoms with Gasteiger partial charge in [-0.1, -0.05) is 18.2 Å². The number of aromatic nitrogens is 2. The number of hydrogen-bond acceptors (Lipinski definition) is 3. The minimum Gasteiger partial charge on any atom is -0.324 e. The Balaban J connectivity index is 2.23. The fraction of sp³-hybridized carbons (Fsp3) is 0.0909. The zero-order valence-corrected chi connectivity index (χ0v) is 8.57. The van der Waals surface area contributed by atoms with Crippen LogP contribution < -0.4 is 5.32 Å². The van der Waals surface area contributed by atoms with Crippen molar-refractivity contribution in [3.8, 4) is 0 Å². The van der Waals surface area contributed by atoms with Gasteiger partial charge in [-0.3, -0.25) is 0 Å². The summed E-state index contributed by atoms with van der Waals surface area (Å²) >= 11 is 0. The molecule has 0 saturated heterocycles. The highest BCUT2D eigenvalue weighted by molar-refractivity contribution is 5.52. The summed E-state index contributed by atoms with van der Waals surface area (Å²) in [7, 11) is 0. The number of anilines is 2. The first-order valence-electron chi connectivity index (χ1n) is 4.78. The van der Waals surface area contributed by atoms with E-state index in [2.05, 4.69) is 15.3 Å². The Morgan fingerprint density at radius 3 is 2.35 bits per heavy atom. The van der Waals surface area contributed by atoms with Crippen LogP contribution in [0.1, 0.15) is 5.69 Å². The average molecular weight is 239 g/mol. The molecule has 0 bridgehead atoms. The number of nitrogens with zero attached hydrogens (tertiary/aromatic N) is 2. The highest BCUT2D eigenvalue weighted by Crippen LogP contribution is 2.27. The summed E-state index contributed by atoms with van der Waals surface area (Å²) in [6.07, 6.45) is -3.39. The molecule has 0 aliphatic carbocycles. The van der Waals surface area contributed by atoms with Gasteiger partial charge in [0.05, 0.1) is 0 Å². The molecule has 1 N–H and O–H groups in total. The van der Waals surface area contributed by atoms with Crippen molar-refractivity contribution in [2.75, 3.05) is 5.32 Å². The summed E-state index contributed by atoms with van der Waals surface area (Å²) < 4.78 is 37.2. The Morgan fingerprint density at radius 2 is 1.71 bits per heavy atom. The van der Waals surface area contributed by atoms with Crippen LogP contribution in [-0.4, -0.2) is 9.97 Å². The quantitative estimate of drug-likeness (QED) is 0.874. The summed E-state index contributed by atoms with van der Waals surface area (Å²) in [6.45, 7) is 0. The van der Waals surface area contributed by atoms with E-state index in [1.165, 1.54) is 0 Å². The third kappa shape index (κ3) is 2.93. The topological polar surface area (TPSA) is 37.8 Å². The third-order valence-electron chi connectivity index (χ3n) is 1.98. The Bertz CT molecular complexity index is 497. The normalized spacial score (nSPS) is 11.2. The number of halogens is 3. The maximum absolute atomic E-state index is 12.4. The van der Waals surface area contributed by atoms with Crippen LogP contribution in [0.3, 0.4) is 0 Å². The molecule has 0 aliphatic rings. The van der Waals surface area contributed by atoms with Crippen LogP contribution in [0.5, 0.6) is 0 Å². The standard InChI is InChI=1S/C11H8F3N3/c12-11(13,14)9-6-7-15-10(17-9)16-8-4-2-1-3-5-8/h1-7H,(H,15,16,17). The predicted molar refractivity (Wildman–Crippen MR) is 56.8 cm³/mol. The summed E-state index contributed by atoms with van der Waals surface area (Å²) in [4.78, 5) is 7.12. The zero-order chi connectivity index (χ0) is 12.3. The van der Waals surface area contributed by atoms with E-state index in [-0.39, 0.29) is 5.95 Å². The van der Waals surface area contributed by atoms with E-state index in [9.17, 15) is 13.2 Å². The van der Waals surface area contributed by atoms with Gasteiger partial charge in [0.2, 0.25) is 5.95 Å². The molecule has 0 saturated carbocycles. The Kier molecular flexibility index (Phi) is 2.95. The van der Waals surface area contributed by atoms with Crippen molar-refractivity contribution >= 4 is 11.6 Å². The van der Waals surface area contributed by atoms with Gasteiger partial charge in [-0.05, 0) is 18.2 Å². The van der Waals surface area contributed by atoms with E-state index in [4.69, 9.17) is 0 Å². The minimum absolute atomic E-state index is 0.0778. The first-order chi connectivity index (χ1) is 8.05. The molecule has 0 amide bonds. The number of rotatable bonds is 2. The van der Waals surface area contributed by atoms with Gasteiger partial charge in [0.15, 0.2) is 0 Å². The largest absolute Gasteiger partial charge is 0.433 e. The van der Waals surface area contributed by atoms with E-state index in [0.29, 0.717) is 5.69 Å². The van der Waals surface area contributed by atoms with Crippen LogP contribution in [0.25, 0.3) is 0 Å². The highest BCUT2D eigenvalue weighted by atomic mass is 19.4. The summed E-state index contributed by atoms with van der Waals surface area (Å²) in [5.41, 5.74) is -0.335. The highest BCUT2D eigenvalue weighted by Gasteiger charge is 2.32. The molecule has 1 heterocycles. The van der Waals surface area contributed by atoms with Crippen molar-refractivity contribution in [1.29, 1.82) is 0 Å². The molecule has 0 unspecified atom stereocenters. The molecule has 1 aromatic carbocycles. The Morgan fingerprint density at radius 1 is 1.00 bits per heavy atom. The van der Waals surface area contributed by atoms with Crippen LogP contribution in [0.2, 0.25) is 0 Å². The van der Waals surface area contributed by atoms with Gasteiger partial charge < -0.3 is 5.32 Å². The van der Waals surface area contributed by atoms with Crippen molar-refractivity contribution in [2.45, 2.75) is 6.18 Å². The molecule has 0 radical (unpaired) electrons. The average Bonchev–Trinajstić information content (AvgIpc) is 2.29. The minimum atomic E-state index is -4.46. The van der Waals surface area contributed by atoms with Gasteiger partial charge in [-0.15, -0.1) is 0 Å². The summed E-state index contributed by atoms with van der Waals surface area (Å²) in [6, 6.07) is 9.58. The molecule has 0 fully saturated rings. The first-order valence-corrected chi connectivity index (χ1v) is 4.78. The van der Waals surface area contributed by atoms with Crippen molar-refractivity contribution in [3.05, 3.63) is 48.3 Å². The second-order valence-corrected chi connectivity index (χ2v) is 3.25. The van der Waals surface area contributed by atoms with Crippen LogP contribution in [0.4, 0.5) is 24.8 Å². The molecule has 0 atom stereocenters. The molecule has 2 rings (SSSR count). The van der Waals surface area contributed by atoms with Crippen LogP contribution in [0, 0.1) is 0 Å². The molecule has 17 heavy (non-hydrogen) atoms. The molecule has 88 valence electrons. The summed E-state index contributed by atoms with van der Waals surface area (Å²) in [5, 5.41) is 2.69. The monoisotopic (exact) mass is 239 g/mol. The van der Waals surface area contributed by atoms with E-state index in [0.717, 1.165) is 12.3 Å². The van der Waals surface area contributed by atoms with Crippen LogP contribution >= 0.6 is 0 Å². The molecule has 1 aromatic heterocycles. The first kappa shape index (κ1) is 11.4. The lowest BCUT2D eigenvalue weighted by Crippen LogP contribution is -2.09. The van der Waals surface area contributed by atoms with Crippen molar-refractivity contribution in [1.82, 2.24) is 9.97 Å². The number of nitrogens with one attached hydrogen (secondary N) is 1. The smallest absolute Gasteiger partial charge is 0.324 e. The van der Waals surface area contributed by atoms with E-state index in [1.54, 1.807) is 30.3 Å². The molecule has 2 aromatic rings. The number of para-hydroxylation sites is 1. The molecular formula is C11H8F3N3. The Hall–Kier alpha value is -2.11. The second kappa shape index (κ2) is 4.40.